The maximum Gasteiger partial charge on any atom is 0.232 e. The molecule has 4 heteroatoms. The Morgan fingerprint density at radius 3 is 2.94 bits per heavy atom. The third kappa shape index (κ3) is 1.98. The van der Waals surface area contributed by atoms with Gasteiger partial charge in [0.15, 0.2) is 0 Å². The van der Waals surface area contributed by atoms with E-state index >= 15 is 0 Å². The molecule has 0 aromatic heterocycles. The van der Waals surface area contributed by atoms with Crippen molar-refractivity contribution in [3.63, 3.8) is 0 Å². The molecule has 0 saturated carbocycles. The molecule has 0 fully saturated rings. The highest BCUT2D eigenvalue weighted by Gasteiger charge is 2.31. The van der Waals surface area contributed by atoms with E-state index in [4.69, 9.17) is 0 Å². The van der Waals surface area contributed by atoms with Gasteiger partial charge in [-0.15, -0.1) is 0 Å². The highest BCUT2D eigenvalue weighted by atomic mass is 79.9. The number of unbranched alkanes of at least 4 members (excludes halogenated alkanes) is 1. The third-order valence-corrected chi connectivity index (χ3v) is 3.50. The van der Waals surface area contributed by atoms with Crippen LogP contribution in [-0.2, 0) is 4.79 Å². The number of benzene rings is 1. The van der Waals surface area contributed by atoms with Gasteiger partial charge in [-0.05, 0) is 40.0 Å². The van der Waals surface area contributed by atoms with E-state index in [1.807, 2.05) is 0 Å². The molecule has 0 spiro atoms. The Kier molecular flexibility index (Phi) is 3.28. The first kappa shape index (κ1) is 11.6. The summed E-state index contributed by atoms with van der Waals surface area (Å²) >= 11 is 3.27. The van der Waals surface area contributed by atoms with Crippen LogP contribution in [0.15, 0.2) is 16.6 Å². The van der Waals surface area contributed by atoms with Crippen molar-refractivity contribution in [1.29, 1.82) is 0 Å². The number of rotatable bonds is 3. The lowest BCUT2D eigenvalue weighted by atomic mass is 9.95. The van der Waals surface area contributed by atoms with Crippen LogP contribution in [0.25, 0.3) is 0 Å². The number of fused-ring (bicyclic) bond motifs is 1. The Morgan fingerprint density at radius 2 is 2.25 bits per heavy atom. The maximum absolute atomic E-state index is 13.3. The van der Waals surface area contributed by atoms with Crippen LogP contribution >= 0.6 is 15.9 Å². The molecule has 0 saturated heterocycles. The predicted octanol–water partition coefficient (Wildman–Crippen LogP) is 3.81. The molecule has 0 aliphatic carbocycles. The molecule has 2 rings (SSSR count). The molecule has 2 nitrogen and oxygen atoms in total. The first-order valence-electron chi connectivity index (χ1n) is 5.43. The van der Waals surface area contributed by atoms with Gasteiger partial charge in [0.2, 0.25) is 5.91 Å². The van der Waals surface area contributed by atoms with Crippen molar-refractivity contribution in [2.45, 2.75) is 32.1 Å². The molecule has 1 aliphatic rings. The summed E-state index contributed by atoms with van der Waals surface area (Å²) in [4.78, 5) is 11.7. The second-order valence-electron chi connectivity index (χ2n) is 4.04. The van der Waals surface area contributed by atoms with Gasteiger partial charge in [-0.25, -0.2) is 4.39 Å². The fourth-order valence-electron chi connectivity index (χ4n) is 2.05. The molecule has 86 valence electrons. The number of hydrogen-bond donors (Lipinski definition) is 1. The van der Waals surface area contributed by atoms with E-state index < -0.39 is 0 Å². The monoisotopic (exact) mass is 285 g/mol. The molecule has 1 N–H and O–H groups in total. The summed E-state index contributed by atoms with van der Waals surface area (Å²) in [5, 5.41) is 2.80. The number of nitrogens with one attached hydrogen (secondary N) is 1. The fourth-order valence-corrected chi connectivity index (χ4v) is 2.59. The van der Waals surface area contributed by atoms with E-state index in [0.717, 1.165) is 30.5 Å². The molecule has 1 aliphatic heterocycles. The largest absolute Gasteiger partial charge is 0.324 e. The molecule has 1 heterocycles. The zero-order valence-electron chi connectivity index (χ0n) is 9.02. The fraction of sp³-hybridized carbons (Fsp3) is 0.417. The highest BCUT2D eigenvalue weighted by molar-refractivity contribution is 9.10. The van der Waals surface area contributed by atoms with Crippen LogP contribution in [0.2, 0.25) is 0 Å². The molecule has 16 heavy (non-hydrogen) atoms. The van der Waals surface area contributed by atoms with Crippen LogP contribution in [0.5, 0.6) is 0 Å². The van der Waals surface area contributed by atoms with Crippen LogP contribution in [0, 0.1) is 5.82 Å². The predicted molar refractivity (Wildman–Crippen MR) is 65.0 cm³/mol. The summed E-state index contributed by atoms with van der Waals surface area (Å²) in [7, 11) is 0. The van der Waals surface area contributed by atoms with Crippen molar-refractivity contribution in [3.05, 3.63) is 28.0 Å². The molecule has 1 unspecified atom stereocenters. The Bertz CT molecular complexity index is 433. The Balaban J connectivity index is 2.36. The van der Waals surface area contributed by atoms with Crippen LogP contribution in [-0.4, -0.2) is 5.91 Å². The summed E-state index contributed by atoms with van der Waals surface area (Å²) in [6.07, 6.45) is 2.80. The summed E-state index contributed by atoms with van der Waals surface area (Å²) in [5.74, 6) is -0.514. The van der Waals surface area contributed by atoms with Crippen molar-refractivity contribution in [3.8, 4) is 0 Å². The van der Waals surface area contributed by atoms with Crippen LogP contribution < -0.4 is 5.32 Å². The SMILES string of the molecule is CCCCC1C(=O)Nc2c(Br)cc(F)cc21. The second kappa shape index (κ2) is 4.53. The van der Waals surface area contributed by atoms with E-state index in [1.165, 1.54) is 12.1 Å². The number of carbonyl (C=O) groups excluding carboxylic acids is 1. The summed E-state index contributed by atoms with van der Waals surface area (Å²) in [6, 6.07) is 2.83. The molecule has 0 radical (unpaired) electrons. The van der Waals surface area contributed by atoms with Crippen molar-refractivity contribution in [1.82, 2.24) is 0 Å². The maximum atomic E-state index is 13.3. The zero-order valence-corrected chi connectivity index (χ0v) is 10.6. The molecule has 0 bridgehead atoms. The standard InChI is InChI=1S/C12H13BrFNO/c1-2-3-4-8-9-5-7(14)6-10(13)11(9)15-12(8)16/h5-6,8H,2-4H2,1H3,(H,15,16). The summed E-state index contributed by atoms with van der Waals surface area (Å²) < 4.78 is 13.9. The number of carbonyl (C=O) groups is 1. The van der Waals surface area contributed by atoms with Crippen molar-refractivity contribution >= 4 is 27.5 Å². The Morgan fingerprint density at radius 1 is 1.50 bits per heavy atom. The van der Waals surface area contributed by atoms with Gasteiger partial charge in [0.25, 0.3) is 0 Å². The average molecular weight is 286 g/mol. The minimum absolute atomic E-state index is 0.0187. The van der Waals surface area contributed by atoms with Crippen LogP contribution in [0.3, 0.4) is 0 Å². The van der Waals surface area contributed by atoms with E-state index in [2.05, 4.69) is 28.2 Å². The Hall–Kier alpha value is -0.900. The lowest BCUT2D eigenvalue weighted by Crippen LogP contribution is -2.11. The van der Waals surface area contributed by atoms with Crippen LogP contribution in [0.4, 0.5) is 10.1 Å². The minimum atomic E-state index is -0.302. The van der Waals surface area contributed by atoms with Gasteiger partial charge in [-0.2, -0.15) is 0 Å². The topological polar surface area (TPSA) is 29.1 Å². The number of halogens is 2. The van der Waals surface area contributed by atoms with Gasteiger partial charge in [0.05, 0.1) is 11.6 Å². The molecule has 1 aromatic rings. The molecule has 1 amide bonds. The first-order valence-corrected chi connectivity index (χ1v) is 6.22. The van der Waals surface area contributed by atoms with Crippen molar-refractivity contribution in [2.24, 2.45) is 0 Å². The van der Waals surface area contributed by atoms with E-state index in [9.17, 15) is 9.18 Å². The molecular formula is C12H13BrFNO. The van der Waals surface area contributed by atoms with Crippen LogP contribution in [0.1, 0.15) is 37.7 Å². The number of amides is 1. The molecular weight excluding hydrogens is 273 g/mol. The van der Waals surface area contributed by atoms with Gasteiger partial charge in [-0.3, -0.25) is 4.79 Å². The van der Waals surface area contributed by atoms with Gasteiger partial charge < -0.3 is 5.32 Å². The second-order valence-corrected chi connectivity index (χ2v) is 4.89. The van der Waals surface area contributed by atoms with Crippen molar-refractivity contribution < 1.29 is 9.18 Å². The lowest BCUT2D eigenvalue weighted by Gasteiger charge is -2.07. The average Bonchev–Trinajstić information content (AvgIpc) is 2.53. The van der Waals surface area contributed by atoms with Gasteiger partial charge in [0.1, 0.15) is 5.82 Å². The molecule has 1 aromatic carbocycles. The van der Waals surface area contributed by atoms with Gasteiger partial charge in [-0.1, -0.05) is 19.8 Å². The van der Waals surface area contributed by atoms with Crippen molar-refractivity contribution in [2.75, 3.05) is 5.32 Å². The number of anilines is 1. The molecule has 1 atom stereocenters. The number of hydrogen-bond acceptors (Lipinski definition) is 1. The highest BCUT2D eigenvalue weighted by Crippen LogP contribution is 2.40. The normalized spacial score (nSPS) is 18.4. The van der Waals surface area contributed by atoms with E-state index in [-0.39, 0.29) is 17.6 Å². The third-order valence-electron chi connectivity index (χ3n) is 2.87. The lowest BCUT2D eigenvalue weighted by molar-refractivity contribution is -0.117. The smallest absolute Gasteiger partial charge is 0.232 e. The Labute approximate surface area is 102 Å². The zero-order chi connectivity index (χ0) is 11.7. The van der Waals surface area contributed by atoms with E-state index in [0.29, 0.717) is 4.47 Å². The first-order chi connectivity index (χ1) is 7.63. The van der Waals surface area contributed by atoms with Gasteiger partial charge in [0, 0.05) is 4.47 Å². The van der Waals surface area contributed by atoms with E-state index in [1.54, 1.807) is 0 Å². The quantitative estimate of drug-likeness (QED) is 0.899. The van der Waals surface area contributed by atoms with Gasteiger partial charge >= 0.3 is 0 Å². The summed E-state index contributed by atoms with van der Waals surface area (Å²) in [5.41, 5.74) is 1.51. The minimum Gasteiger partial charge on any atom is -0.324 e. The summed E-state index contributed by atoms with van der Waals surface area (Å²) in [6.45, 7) is 2.08.